The van der Waals surface area contributed by atoms with Crippen molar-refractivity contribution in [3.05, 3.63) is 0 Å². The molecule has 0 radical (unpaired) electrons. The average Bonchev–Trinajstić information content (AvgIpc) is 3.48. The largest absolute Gasteiger partial charge is 0.366 e. The van der Waals surface area contributed by atoms with E-state index in [4.69, 9.17) is 34.6 Å². The van der Waals surface area contributed by atoms with Gasteiger partial charge in [0, 0.05) is 0 Å². The summed E-state index contributed by atoms with van der Waals surface area (Å²) < 4.78 is 2.00. The number of nitrogens with two attached hydrogens (primary N) is 6. The highest BCUT2D eigenvalue weighted by Gasteiger charge is 1.98. The lowest BCUT2D eigenvalue weighted by Gasteiger charge is -1.90. The van der Waals surface area contributed by atoms with Crippen LogP contribution < -0.4 is 34.6 Å². The van der Waals surface area contributed by atoms with E-state index in [-0.39, 0.29) is 35.7 Å². The summed E-state index contributed by atoms with van der Waals surface area (Å²) in [6, 6.07) is 0. The number of H-pyrrole nitrogens is 2. The van der Waals surface area contributed by atoms with Crippen LogP contribution >= 0.6 is 0 Å². The molecule has 4 aromatic heterocycles. The third kappa shape index (κ3) is 5.16. The summed E-state index contributed by atoms with van der Waals surface area (Å²) in [7, 11) is 0. The van der Waals surface area contributed by atoms with Crippen LogP contribution in [-0.2, 0) is 0 Å². The number of aromatic amines is 2. The number of hydrogen-bond acceptors (Lipinski definition) is 18. The zero-order chi connectivity index (χ0) is 20.5. The van der Waals surface area contributed by atoms with Crippen LogP contribution in [0.4, 0.5) is 35.7 Å². The van der Waals surface area contributed by atoms with Crippen LogP contribution in [0, 0.1) is 0 Å². The van der Waals surface area contributed by atoms with E-state index in [0.29, 0.717) is 0 Å². The van der Waals surface area contributed by atoms with Crippen LogP contribution in [0.2, 0.25) is 0 Å². The van der Waals surface area contributed by atoms with Gasteiger partial charge in [0.15, 0.2) is 0 Å². The number of hydrogen-bond donors (Lipinski definition) is 8. The Hall–Kier alpha value is -5.18. The lowest BCUT2D eigenvalue weighted by molar-refractivity contribution is 0.881. The van der Waals surface area contributed by atoms with Crippen molar-refractivity contribution in [1.82, 2.24) is 71.0 Å². The minimum Gasteiger partial charge on any atom is -0.366 e. The summed E-state index contributed by atoms with van der Waals surface area (Å²) in [6.45, 7) is 0. The first-order chi connectivity index (χ1) is 13.4. The molecule has 148 valence electrons. The van der Waals surface area contributed by atoms with E-state index < -0.39 is 0 Å². The van der Waals surface area contributed by atoms with Gasteiger partial charge in [-0.25, -0.2) is 0 Å². The maximum atomic E-state index is 5.14. The average molecular weight is 394 g/mol. The van der Waals surface area contributed by atoms with Crippen LogP contribution in [0.5, 0.6) is 0 Å². The number of rotatable bonds is 2. The van der Waals surface area contributed by atoms with E-state index in [9.17, 15) is 0 Å². The number of anilines is 4. The fourth-order valence-corrected chi connectivity index (χ4v) is 1.12. The summed E-state index contributed by atoms with van der Waals surface area (Å²) in [5, 5.41) is 45.5. The van der Waals surface area contributed by atoms with Crippen LogP contribution in [0.3, 0.4) is 0 Å². The van der Waals surface area contributed by atoms with Gasteiger partial charge in [-0.15, -0.1) is 40.8 Å². The van der Waals surface area contributed by atoms with Crippen LogP contribution in [0.1, 0.15) is 0 Å². The number of azo groups is 1. The first-order valence-electron chi connectivity index (χ1n) is 6.70. The van der Waals surface area contributed by atoms with Crippen molar-refractivity contribution in [3.63, 3.8) is 0 Å². The molecular weight excluding hydrogens is 380 g/mol. The highest BCUT2D eigenvalue weighted by Crippen LogP contribution is 2.04. The van der Waals surface area contributed by atoms with Gasteiger partial charge in [0.25, 0.3) is 0 Å². The lowest BCUT2D eigenvalue weighted by atomic mass is 11.0. The van der Waals surface area contributed by atoms with Gasteiger partial charge in [0.05, 0.1) is 0 Å². The van der Waals surface area contributed by atoms with Gasteiger partial charge in [-0.3, -0.25) is 0 Å². The molecule has 28 heavy (non-hydrogen) atoms. The van der Waals surface area contributed by atoms with Crippen molar-refractivity contribution in [2.45, 2.75) is 0 Å². The Kier molecular flexibility index (Phi) is 6.01. The molecule has 4 rings (SSSR count). The maximum Gasteiger partial charge on any atom is 0.307 e. The van der Waals surface area contributed by atoms with Crippen molar-refractivity contribution in [2.24, 2.45) is 10.2 Å². The third-order valence-electron chi connectivity index (χ3n) is 2.39. The lowest BCUT2D eigenvalue weighted by Crippen LogP contribution is -2.14. The molecule has 0 amide bonds. The highest BCUT2D eigenvalue weighted by molar-refractivity contribution is 5.28. The minimum absolute atomic E-state index is 0.111. The quantitative estimate of drug-likeness (QED) is 0.117. The van der Waals surface area contributed by atoms with Gasteiger partial charge < -0.3 is 34.6 Å². The molecule has 4 aromatic rings. The Bertz CT molecular complexity index is 849. The Balaban J connectivity index is 0.000000156. The molecule has 0 fully saturated rings. The summed E-state index contributed by atoms with van der Waals surface area (Å²) in [5.74, 6) is 11.0. The van der Waals surface area contributed by atoms with Crippen LogP contribution in [0.25, 0.3) is 0 Å². The Morgan fingerprint density at radius 1 is 0.571 bits per heavy atom. The maximum absolute atomic E-state index is 5.14. The number of aromatic nitrogens is 14. The summed E-state index contributed by atoms with van der Waals surface area (Å²) in [5.41, 5.74) is 20.5. The first-order valence-corrected chi connectivity index (χ1v) is 6.70. The van der Waals surface area contributed by atoms with E-state index in [1.54, 1.807) is 0 Å². The number of nitrogen functional groups attached to an aromatic ring is 6. The number of tetrazole rings is 2. The molecule has 0 aromatic carbocycles. The van der Waals surface area contributed by atoms with Crippen molar-refractivity contribution < 1.29 is 0 Å². The fourth-order valence-electron chi connectivity index (χ4n) is 1.12. The second-order valence-corrected chi connectivity index (χ2v) is 4.20. The van der Waals surface area contributed by atoms with Crippen molar-refractivity contribution >= 4 is 35.7 Å². The van der Waals surface area contributed by atoms with Crippen molar-refractivity contribution in [3.8, 4) is 0 Å². The number of nitrogens with one attached hydrogen (secondary N) is 2. The van der Waals surface area contributed by atoms with Gasteiger partial charge in [-0.05, 0) is 10.4 Å². The topological polar surface area (TPSA) is 351 Å². The summed E-state index contributed by atoms with van der Waals surface area (Å²) in [6.07, 6.45) is 0. The van der Waals surface area contributed by atoms with Gasteiger partial charge in [0.2, 0.25) is 23.8 Å². The molecule has 0 saturated heterocycles. The van der Waals surface area contributed by atoms with Crippen molar-refractivity contribution in [2.75, 3.05) is 34.6 Å². The predicted molar refractivity (Wildman–Crippen MR) is 90.5 cm³/mol. The molecular formula is C6H14N22. The molecule has 0 aliphatic rings. The van der Waals surface area contributed by atoms with E-state index in [1.165, 1.54) is 0 Å². The first kappa shape index (κ1) is 19.1. The van der Waals surface area contributed by atoms with Gasteiger partial charge >= 0.3 is 11.9 Å². The van der Waals surface area contributed by atoms with E-state index in [0.717, 1.165) is 9.35 Å². The van der Waals surface area contributed by atoms with E-state index in [2.05, 4.69) is 71.9 Å². The molecule has 22 nitrogen and oxygen atoms in total. The molecule has 0 aliphatic heterocycles. The molecule has 0 spiro atoms. The van der Waals surface area contributed by atoms with Crippen molar-refractivity contribution in [1.29, 1.82) is 0 Å². The standard InChI is InChI=1S/C2H2N10.2C2H6N6/c3(1-5-9-10-6-1)4-2-7-11-12-8-2;2*3-1-6-7-2(4)8(1)5/h(H,5,6,9,10)(H,7,8,11,12);2*5H2,(H2,3,6)(H2,4,7). The summed E-state index contributed by atoms with van der Waals surface area (Å²) >= 11 is 0. The number of nitrogens with zero attached hydrogens (tertiary/aromatic N) is 14. The highest BCUT2D eigenvalue weighted by atomic mass is 15.5. The molecule has 0 unspecified atom stereocenters. The zero-order valence-corrected chi connectivity index (χ0v) is 13.7. The van der Waals surface area contributed by atoms with Gasteiger partial charge in [-0.1, -0.05) is 10.2 Å². The predicted octanol–water partition coefficient (Wildman–Crippen LogP) is -4.56. The monoisotopic (exact) mass is 394 g/mol. The van der Waals surface area contributed by atoms with Gasteiger partial charge in [0.1, 0.15) is 0 Å². The zero-order valence-electron chi connectivity index (χ0n) is 13.7. The third-order valence-corrected chi connectivity index (χ3v) is 2.39. The fraction of sp³-hybridized carbons (Fsp3) is 0. The molecule has 0 aliphatic carbocycles. The SMILES string of the molecule is N(=Nc1nn[nH]n1)c1nn[nH]n1.Nc1nnc(N)n1N.Nc1nnc(N)n1N. The van der Waals surface area contributed by atoms with E-state index >= 15 is 0 Å². The molecule has 0 atom stereocenters. The Morgan fingerprint density at radius 3 is 1.07 bits per heavy atom. The molecule has 4 heterocycles. The normalized spacial score (nSPS) is 10.1. The second kappa shape index (κ2) is 8.78. The van der Waals surface area contributed by atoms with Crippen LogP contribution in [0.15, 0.2) is 10.2 Å². The molecule has 0 saturated carbocycles. The van der Waals surface area contributed by atoms with Crippen LogP contribution in [-0.4, -0.2) is 71.0 Å². The van der Waals surface area contributed by atoms with E-state index in [1.807, 2.05) is 0 Å². The minimum atomic E-state index is 0.111. The summed E-state index contributed by atoms with van der Waals surface area (Å²) in [4.78, 5) is 0. The molecule has 0 bridgehead atoms. The molecule has 14 N–H and O–H groups in total. The van der Waals surface area contributed by atoms with Gasteiger partial charge in [-0.2, -0.15) is 19.8 Å². The molecule has 22 heteroatoms. The smallest absolute Gasteiger partial charge is 0.307 e. The Labute approximate surface area is 152 Å². The second-order valence-electron chi connectivity index (χ2n) is 4.20. The Morgan fingerprint density at radius 2 is 0.893 bits per heavy atom.